The molecule has 3 aromatic carbocycles. The Kier molecular flexibility index (Phi) is 6.66. The predicted molar refractivity (Wildman–Crippen MR) is 126 cm³/mol. The highest BCUT2D eigenvalue weighted by Gasteiger charge is 2.12. The summed E-state index contributed by atoms with van der Waals surface area (Å²) >= 11 is 0. The number of nitrogens with one attached hydrogen (secondary N) is 1. The lowest BCUT2D eigenvalue weighted by Gasteiger charge is -2.14. The Labute approximate surface area is 186 Å². The molecule has 0 fully saturated rings. The van der Waals surface area contributed by atoms with Crippen LogP contribution < -0.4 is 15.5 Å². The maximum atomic E-state index is 12.8. The van der Waals surface area contributed by atoms with Gasteiger partial charge < -0.3 is 14.5 Å². The molecule has 4 rings (SSSR count). The fourth-order valence-corrected chi connectivity index (χ4v) is 3.58. The second kappa shape index (κ2) is 9.96. The molecule has 5 nitrogen and oxygen atoms in total. The van der Waals surface area contributed by atoms with Crippen LogP contribution in [0.5, 0.6) is 5.75 Å². The molecule has 1 heterocycles. The van der Waals surface area contributed by atoms with Crippen molar-refractivity contribution in [2.75, 3.05) is 6.61 Å². The average molecular weight is 428 g/mol. The molecule has 4 aromatic rings. The second-order valence-electron chi connectivity index (χ2n) is 7.78. The van der Waals surface area contributed by atoms with E-state index in [-0.39, 0.29) is 24.0 Å². The normalized spacial score (nSPS) is 11.8. The quantitative estimate of drug-likeness (QED) is 0.431. The number of hydrogen-bond donors (Lipinski definition) is 1. The van der Waals surface area contributed by atoms with Crippen LogP contribution in [0.2, 0.25) is 0 Å². The van der Waals surface area contributed by atoms with Crippen LogP contribution in [0, 0.1) is 0 Å². The smallest absolute Gasteiger partial charge is 0.258 e. The first-order valence-electron chi connectivity index (χ1n) is 10.7. The maximum absolute atomic E-state index is 12.8. The van der Waals surface area contributed by atoms with Gasteiger partial charge in [0.15, 0.2) is 12.0 Å². The first-order chi connectivity index (χ1) is 15.6. The van der Waals surface area contributed by atoms with Crippen LogP contribution >= 0.6 is 0 Å². The average Bonchev–Trinajstić information content (AvgIpc) is 2.83. The molecule has 0 radical (unpaired) electrons. The molecule has 0 saturated heterocycles. The minimum atomic E-state index is -0.188. The van der Waals surface area contributed by atoms with E-state index in [9.17, 15) is 9.59 Å². The van der Waals surface area contributed by atoms with Crippen LogP contribution in [0.4, 0.5) is 0 Å². The third-order valence-electron chi connectivity index (χ3n) is 5.32. The van der Waals surface area contributed by atoms with Crippen molar-refractivity contribution < 1.29 is 13.9 Å². The zero-order valence-corrected chi connectivity index (χ0v) is 17.9. The van der Waals surface area contributed by atoms with Gasteiger partial charge in [-0.2, -0.15) is 0 Å². The first kappa shape index (κ1) is 21.4. The fraction of sp³-hybridized carbons (Fsp3) is 0.185. The van der Waals surface area contributed by atoms with Crippen molar-refractivity contribution in [3.8, 4) is 16.9 Å². The SMILES string of the molecule is C[C@@H](CCc1ccccc1)NC(=O)COc1ccc2c(=O)c(-c3ccccc3)coc2c1. The summed E-state index contributed by atoms with van der Waals surface area (Å²) in [5.74, 6) is 0.284. The lowest BCUT2D eigenvalue weighted by atomic mass is 10.1. The van der Waals surface area contributed by atoms with Crippen molar-refractivity contribution >= 4 is 16.9 Å². The predicted octanol–water partition coefficient (Wildman–Crippen LogP) is 4.98. The largest absolute Gasteiger partial charge is 0.484 e. The summed E-state index contributed by atoms with van der Waals surface area (Å²) in [6, 6.07) is 24.6. The second-order valence-corrected chi connectivity index (χ2v) is 7.78. The Balaban J connectivity index is 1.35. The number of rotatable bonds is 8. The third-order valence-corrected chi connectivity index (χ3v) is 5.32. The summed E-state index contributed by atoms with van der Waals surface area (Å²) in [6.07, 6.45) is 3.21. The minimum absolute atomic E-state index is 0.0392. The Bertz CT molecular complexity index is 1250. The number of carbonyl (C=O) groups is 1. The third kappa shape index (κ3) is 5.24. The number of amides is 1. The monoisotopic (exact) mass is 427 g/mol. The number of ether oxygens (including phenoxy) is 1. The lowest BCUT2D eigenvalue weighted by molar-refractivity contribution is -0.123. The molecule has 1 amide bonds. The van der Waals surface area contributed by atoms with E-state index in [4.69, 9.17) is 9.15 Å². The zero-order valence-electron chi connectivity index (χ0n) is 17.9. The molecule has 0 spiro atoms. The molecule has 0 saturated carbocycles. The van der Waals surface area contributed by atoms with Crippen LogP contribution in [0.25, 0.3) is 22.1 Å². The van der Waals surface area contributed by atoms with Crippen LogP contribution in [-0.4, -0.2) is 18.6 Å². The van der Waals surface area contributed by atoms with E-state index in [2.05, 4.69) is 17.4 Å². The van der Waals surface area contributed by atoms with Gasteiger partial charge in [-0.15, -0.1) is 0 Å². The molecule has 0 aliphatic carbocycles. The van der Waals surface area contributed by atoms with E-state index in [1.807, 2.05) is 55.5 Å². The highest BCUT2D eigenvalue weighted by Crippen LogP contribution is 2.23. The number of benzene rings is 3. The van der Waals surface area contributed by atoms with Gasteiger partial charge in [-0.05, 0) is 43.0 Å². The summed E-state index contributed by atoms with van der Waals surface area (Å²) in [6.45, 7) is 1.88. The van der Waals surface area contributed by atoms with Crippen molar-refractivity contribution in [2.45, 2.75) is 25.8 Å². The van der Waals surface area contributed by atoms with E-state index < -0.39 is 0 Å². The molecule has 162 valence electrons. The Morgan fingerprint density at radius 3 is 2.47 bits per heavy atom. The number of carbonyl (C=O) groups excluding carboxylic acids is 1. The molecule has 1 atom stereocenters. The molecular weight excluding hydrogens is 402 g/mol. The minimum Gasteiger partial charge on any atom is -0.484 e. The van der Waals surface area contributed by atoms with Gasteiger partial charge in [-0.25, -0.2) is 0 Å². The molecule has 0 aliphatic rings. The Morgan fingerprint density at radius 1 is 1.00 bits per heavy atom. The van der Waals surface area contributed by atoms with E-state index in [0.29, 0.717) is 22.3 Å². The van der Waals surface area contributed by atoms with Crippen LogP contribution in [0.15, 0.2) is 94.3 Å². The molecular formula is C27H25NO4. The summed E-state index contributed by atoms with van der Waals surface area (Å²) in [5, 5.41) is 3.43. The van der Waals surface area contributed by atoms with Gasteiger partial charge in [0.1, 0.15) is 17.6 Å². The summed E-state index contributed by atoms with van der Waals surface area (Å²) < 4.78 is 11.3. The molecule has 0 bridgehead atoms. The highest BCUT2D eigenvalue weighted by atomic mass is 16.5. The fourth-order valence-electron chi connectivity index (χ4n) is 3.58. The van der Waals surface area contributed by atoms with Gasteiger partial charge in [0.2, 0.25) is 0 Å². The molecule has 32 heavy (non-hydrogen) atoms. The summed E-state index contributed by atoms with van der Waals surface area (Å²) in [7, 11) is 0. The molecule has 1 N–H and O–H groups in total. The van der Waals surface area contributed by atoms with Crippen LogP contribution in [-0.2, 0) is 11.2 Å². The Morgan fingerprint density at radius 2 is 1.72 bits per heavy atom. The van der Waals surface area contributed by atoms with Gasteiger partial charge >= 0.3 is 0 Å². The number of hydrogen-bond acceptors (Lipinski definition) is 4. The molecule has 1 aromatic heterocycles. The zero-order chi connectivity index (χ0) is 22.3. The first-order valence-corrected chi connectivity index (χ1v) is 10.7. The van der Waals surface area contributed by atoms with Gasteiger partial charge in [0.05, 0.1) is 10.9 Å². The summed E-state index contributed by atoms with van der Waals surface area (Å²) in [4.78, 5) is 25.1. The summed E-state index contributed by atoms with van der Waals surface area (Å²) in [5.41, 5.74) is 2.88. The van der Waals surface area contributed by atoms with Gasteiger partial charge in [-0.1, -0.05) is 60.7 Å². The van der Waals surface area contributed by atoms with Crippen molar-refractivity contribution in [2.24, 2.45) is 0 Å². The molecule has 5 heteroatoms. The molecule has 0 aliphatic heterocycles. The lowest BCUT2D eigenvalue weighted by Crippen LogP contribution is -2.36. The topological polar surface area (TPSA) is 68.5 Å². The Hall–Kier alpha value is -3.86. The van der Waals surface area contributed by atoms with Crippen LogP contribution in [0.3, 0.4) is 0 Å². The van der Waals surface area contributed by atoms with E-state index in [0.717, 1.165) is 18.4 Å². The number of fused-ring (bicyclic) bond motifs is 1. The van der Waals surface area contributed by atoms with Crippen LogP contribution in [0.1, 0.15) is 18.9 Å². The van der Waals surface area contributed by atoms with Crippen molar-refractivity contribution in [1.82, 2.24) is 5.32 Å². The van der Waals surface area contributed by atoms with E-state index in [1.165, 1.54) is 11.8 Å². The molecule has 0 unspecified atom stereocenters. The standard InChI is InChI=1S/C27H25NO4/c1-19(12-13-20-8-4-2-5-9-20)28-26(29)18-31-22-14-15-23-25(16-22)32-17-24(27(23)30)21-10-6-3-7-11-21/h2-11,14-17,19H,12-13,18H2,1H3,(H,28,29)/t19-/m0/s1. The van der Waals surface area contributed by atoms with Gasteiger partial charge in [0.25, 0.3) is 5.91 Å². The van der Waals surface area contributed by atoms with Crippen molar-refractivity contribution in [3.63, 3.8) is 0 Å². The van der Waals surface area contributed by atoms with Crippen molar-refractivity contribution in [3.05, 3.63) is 101 Å². The highest BCUT2D eigenvalue weighted by molar-refractivity contribution is 5.83. The van der Waals surface area contributed by atoms with Crippen molar-refractivity contribution in [1.29, 1.82) is 0 Å². The number of aryl methyl sites for hydroxylation is 1. The van der Waals surface area contributed by atoms with E-state index in [1.54, 1.807) is 18.2 Å². The van der Waals surface area contributed by atoms with Gasteiger partial charge in [-0.3, -0.25) is 9.59 Å². The van der Waals surface area contributed by atoms with E-state index >= 15 is 0 Å². The maximum Gasteiger partial charge on any atom is 0.258 e. The van der Waals surface area contributed by atoms with Gasteiger partial charge in [0, 0.05) is 12.1 Å².